The van der Waals surface area contributed by atoms with Gasteiger partial charge in [-0.1, -0.05) is 18.2 Å². The molecule has 2 aromatic heterocycles. The molecule has 0 spiro atoms. The number of methoxy groups -OCH3 is 1. The minimum Gasteiger partial charge on any atom is -0.507 e. The molecule has 0 aliphatic heterocycles. The van der Waals surface area contributed by atoms with Crippen LogP contribution in [0.2, 0.25) is 0 Å². The first-order valence-electron chi connectivity index (χ1n) is 11.1. The van der Waals surface area contributed by atoms with Crippen molar-refractivity contribution in [3.8, 4) is 33.8 Å². The molecular weight excluding hydrogens is 428 g/mol. The zero-order valence-electron chi connectivity index (χ0n) is 20.2. The number of aromatic amines is 1. The molecule has 2 aromatic carbocycles. The summed E-state index contributed by atoms with van der Waals surface area (Å²) in [6.07, 6.45) is 3.71. The highest BCUT2D eigenvalue weighted by molar-refractivity contribution is 6.00. The van der Waals surface area contributed by atoms with Crippen LogP contribution < -0.4 is 4.74 Å². The second-order valence-corrected chi connectivity index (χ2v) is 8.74. The third kappa shape index (κ3) is 4.47. The van der Waals surface area contributed by atoms with E-state index in [0.717, 1.165) is 45.6 Å². The van der Waals surface area contributed by atoms with Gasteiger partial charge in [0.1, 0.15) is 17.1 Å². The van der Waals surface area contributed by atoms with Crippen molar-refractivity contribution in [2.75, 3.05) is 41.3 Å². The summed E-state index contributed by atoms with van der Waals surface area (Å²) in [6.45, 7) is 3.10. The van der Waals surface area contributed by atoms with Crippen LogP contribution in [0.5, 0.6) is 11.5 Å². The third-order valence-electron chi connectivity index (χ3n) is 6.02. The normalized spacial score (nSPS) is 11.2. The predicted octanol–water partition coefficient (Wildman–Crippen LogP) is 4.55. The van der Waals surface area contributed by atoms with Crippen LogP contribution in [0.25, 0.3) is 33.3 Å². The van der Waals surface area contributed by atoms with Gasteiger partial charge < -0.3 is 24.6 Å². The number of hydrogen-bond acceptors (Lipinski definition) is 5. The number of benzene rings is 2. The maximum atomic E-state index is 13.1. The Hall–Kier alpha value is -3.84. The Labute approximate surface area is 199 Å². The van der Waals surface area contributed by atoms with Crippen molar-refractivity contribution < 1.29 is 14.6 Å². The molecule has 4 aromatic rings. The summed E-state index contributed by atoms with van der Waals surface area (Å²) in [6, 6.07) is 13.5. The number of rotatable bonds is 7. The molecule has 0 aliphatic carbocycles. The number of fused-ring (bicyclic) bond motifs is 1. The number of nitrogens with zero attached hydrogens (tertiary/aromatic N) is 3. The van der Waals surface area contributed by atoms with Gasteiger partial charge in [0.25, 0.3) is 5.91 Å². The lowest BCUT2D eigenvalue weighted by molar-refractivity contribution is 0.0783. The second-order valence-electron chi connectivity index (χ2n) is 8.74. The first kappa shape index (κ1) is 23.3. The summed E-state index contributed by atoms with van der Waals surface area (Å²) in [5.41, 5.74) is 5.32. The van der Waals surface area contributed by atoms with Gasteiger partial charge in [0.15, 0.2) is 0 Å². The number of para-hydroxylation sites is 1. The van der Waals surface area contributed by atoms with Crippen molar-refractivity contribution in [2.45, 2.75) is 6.92 Å². The Morgan fingerprint density at radius 3 is 2.56 bits per heavy atom. The highest BCUT2D eigenvalue weighted by Gasteiger charge is 2.20. The van der Waals surface area contributed by atoms with E-state index in [2.05, 4.69) is 16.0 Å². The molecule has 1 amide bonds. The van der Waals surface area contributed by atoms with E-state index in [-0.39, 0.29) is 17.2 Å². The predicted molar refractivity (Wildman–Crippen MR) is 135 cm³/mol. The van der Waals surface area contributed by atoms with Crippen molar-refractivity contribution in [1.29, 1.82) is 0 Å². The molecule has 176 valence electrons. The Kier molecular flexibility index (Phi) is 6.56. The lowest BCUT2D eigenvalue weighted by atomic mass is 9.97. The first-order chi connectivity index (χ1) is 16.3. The van der Waals surface area contributed by atoms with Crippen molar-refractivity contribution in [2.24, 2.45) is 0 Å². The fraction of sp³-hybridized carbons (Fsp3) is 0.259. The lowest BCUT2D eigenvalue weighted by Crippen LogP contribution is -2.33. The summed E-state index contributed by atoms with van der Waals surface area (Å²) in [4.78, 5) is 24.6. The molecule has 0 saturated heterocycles. The van der Waals surface area contributed by atoms with E-state index in [9.17, 15) is 9.90 Å². The molecule has 2 heterocycles. The standard InChI is InChI=1S/C27H30N4O3/c1-17-12-18(13-22(25(17)32)27(33)31(4)11-10-30(2)3)19-14-21-23(16-29-26(21)28-15-19)20-8-6-7-9-24(20)34-5/h6-9,12-16,32H,10-11H2,1-5H3,(H,28,29). The van der Waals surface area contributed by atoms with Gasteiger partial charge in [-0.05, 0) is 56.4 Å². The van der Waals surface area contributed by atoms with E-state index in [1.807, 2.05) is 55.5 Å². The number of ether oxygens (including phenoxy) is 1. The molecule has 7 nitrogen and oxygen atoms in total. The average molecular weight is 459 g/mol. The fourth-order valence-corrected chi connectivity index (χ4v) is 4.02. The molecule has 0 bridgehead atoms. The van der Waals surface area contributed by atoms with E-state index >= 15 is 0 Å². The molecule has 0 aliphatic rings. The van der Waals surface area contributed by atoms with Crippen molar-refractivity contribution >= 4 is 16.9 Å². The molecule has 2 N–H and O–H groups in total. The molecule has 0 atom stereocenters. The number of carbonyl (C=O) groups is 1. The SMILES string of the molecule is COc1ccccc1-c1c[nH]c2ncc(-c3cc(C)c(O)c(C(=O)N(C)CCN(C)C)c3)cc12. The van der Waals surface area contributed by atoms with E-state index in [1.54, 1.807) is 38.2 Å². The summed E-state index contributed by atoms with van der Waals surface area (Å²) in [7, 11) is 7.33. The molecule has 0 fully saturated rings. The van der Waals surface area contributed by atoms with Crippen LogP contribution in [-0.4, -0.2) is 72.1 Å². The Morgan fingerprint density at radius 1 is 1.06 bits per heavy atom. The van der Waals surface area contributed by atoms with Gasteiger partial charge >= 0.3 is 0 Å². The minimum atomic E-state index is -0.213. The molecule has 4 rings (SSSR count). The molecule has 34 heavy (non-hydrogen) atoms. The van der Waals surface area contributed by atoms with Gasteiger partial charge in [-0.2, -0.15) is 0 Å². The van der Waals surface area contributed by atoms with E-state index < -0.39 is 0 Å². The number of aryl methyl sites for hydroxylation is 1. The number of amides is 1. The molecule has 7 heteroatoms. The average Bonchev–Trinajstić information content (AvgIpc) is 3.26. The van der Waals surface area contributed by atoms with Crippen LogP contribution in [0.1, 0.15) is 15.9 Å². The first-order valence-corrected chi connectivity index (χ1v) is 11.1. The van der Waals surface area contributed by atoms with Crippen LogP contribution in [-0.2, 0) is 0 Å². The summed E-state index contributed by atoms with van der Waals surface area (Å²) in [5.74, 6) is 0.577. The maximum Gasteiger partial charge on any atom is 0.257 e. The largest absolute Gasteiger partial charge is 0.507 e. The summed E-state index contributed by atoms with van der Waals surface area (Å²) >= 11 is 0. The molecule has 0 saturated carbocycles. The number of carbonyl (C=O) groups excluding carboxylic acids is 1. The van der Waals surface area contributed by atoms with Gasteiger partial charge in [-0.25, -0.2) is 4.98 Å². The third-order valence-corrected chi connectivity index (χ3v) is 6.02. The lowest BCUT2D eigenvalue weighted by Gasteiger charge is -2.21. The van der Waals surface area contributed by atoms with Crippen molar-refractivity contribution in [3.05, 3.63) is 66.0 Å². The minimum absolute atomic E-state index is 0.0100. The van der Waals surface area contributed by atoms with E-state index in [4.69, 9.17) is 4.74 Å². The van der Waals surface area contributed by atoms with Crippen LogP contribution >= 0.6 is 0 Å². The van der Waals surface area contributed by atoms with Gasteiger partial charge in [0.2, 0.25) is 0 Å². The maximum absolute atomic E-state index is 13.1. The number of aromatic hydroxyl groups is 1. The number of likely N-dealkylation sites (N-methyl/N-ethyl adjacent to an activating group) is 2. The highest BCUT2D eigenvalue weighted by Crippen LogP contribution is 2.37. The number of hydrogen-bond donors (Lipinski definition) is 2. The molecule has 0 unspecified atom stereocenters. The van der Waals surface area contributed by atoms with E-state index in [1.165, 1.54) is 0 Å². The summed E-state index contributed by atoms with van der Waals surface area (Å²) in [5, 5.41) is 11.6. The van der Waals surface area contributed by atoms with E-state index in [0.29, 0.717) is 12.1 Å². The smallest absolute Gasteiger partial charge is 0.257 e. The Morgan fingerprint density at radius 2 is 1.82 bits per heavy atom. The van der Waals surface area contributed by atoms with Crippen LogP contribution in [0, 0.1) is 6.92 Å². The highest BCUT2D eigenvalue weighted by atomic mass is 16.5. The van der Waals surface area contributed by atoms with Gasteiger partial charge in [0, 0.05) is 54.6 Å². The summed E-state index contributed by atoms with van der Waals surface area (Å²) < 4.78 is 5.55. The number of H-pyrrole nitrogens is 1. The van der Waals surface area contributed by atoms with Crippen molar-refractivity contribution in [3.63, 3.8) is 0 Å². The van der Waals surface area contributed by atoms with Crippen LogP contribution in [0.4, 0.5) is 0 Å². The quantitative estimate of drug-likeness (QED) is 0.425. The number of aromatic nitrogens is 2. The molecule has 0 radical (unpaired) electrons. The zero-order chi connectivity index (χ0) is 24.4. The van der Waals surface area contributed by atoms with Gasteiger partial charge in [0.05, 0.1) is 12.7 Å². The topological polar surface area (TPSA) is 81.7 Å². The Balaban J connectivity index is 1.77. The van der Waals surface area contributed by atoms with Crippen LogP contribution in [0.3, 0.4) is 0 Å². The number of pyridine rings is 1. The van der Waals surface area contributed by atoms with Crippen molar-refractivity contribution in [1.82, 2.24) is 19.8 Å². The number of phenols is 1. The Bertz CT molecular complexity index is 1340. The van der Waals surface area contributed by atoms with Crippen LogP contribution in [0.15, 0.2) is 54.9 Å². The zero-order valence-corrected chi connectivity index (χ0v) is 20.2. The number of nitrogens with one attached hydrogen (secondary N) is 1. The molecular formula is C27H30N4O3. The van der Waals surface area contributed by atoms with Gasteiger partial charge in [-0.15, -0.1) is 0 Å². The second kappa shape index (κ2) is 9.57. The number of phenolic OH excluding ortho intramolecular Hbond substituents is 1. The fourth-order valence-electron chi connectivity index (χ4n) is 4.02. The van der Waals surface area contributed by atoms with Gasteiger partial charge in [-0.3, -0.25) is 4.79 Å². The monoisotopic (exact) mass is 458 g/mol.